The third kappa shape index (κ3) is 4.35. The van der Waals surface area contributed by atoms with Crippen LogP contribution in [-0.2, 0) is 12.0 Å². The highest BCUT2D eigenvalue weighted by Crippen LogP contribution is 2.41. The van der Waals surface area contributed by atoms with Gasteiger partial charge in [-0.1, -0.05) is 11.4 Å². The maximum absolute atomic E-state index is 10.2. The summed E-state index contributed by atoms with van der Waals surface area (Å²) in [6.07, 6.45) is 4.56. The van der Waals surface area contributed by atoms with Crippen molar-refractivity contribution in [2.45, 2.75) is 31.5 Å². The molecule has 1 saturated carbocycles. The molecule has 0 saturated heterocycles. The number of alkyl halides is 3. The smallest absolute Gasteiger partial charge is 0.273 e. The van der Waals surface area contributed by atoms with E-state index in [1.54, 1.807) is 10.9 Å². The number of pyridine rings is 1. The summed E-state index contributed by atoms with van der Waals surface area (Å²) in [7, 11) is 1.90. The molecule has 1 aliphatic rings. The minimum atomic E-state index is -5.12. The quantitative estimate of drug-likeness (QED) is 0.407. The molecule has 0 atom stereocenters. The highest BCUT2D eigenvalue weighted by molar-refractivity contribution is 7.18. The third-order valence-electron chi connectivity index (χ3n) is 4.62. The van der Waals surface area contributed by atoms with E-state index in [0.29, 0.717) is 0 Å². The first-order valence-electron chi connectivity index (χ1n) is 8.75. The molecule has 0 amide bonds. The standard InChI is InChI=1S/C17H15N5S.CF4O/c1-22-9-13-5-11(7-19-16(13)21-22)15-18-8-12-6-14(10-3-2-4-10)23-17(12)20-15;2-1(3,4)6-5/h5-10H,2-4H2,1H3;. The van der Waals surface area contributed by atoms with E-state index in [-0.39, 0.29) is 0 Å². The van der Waals surface area contributed by atoms with Crippen LogP contribution in [0.3, 0.4) is 0 Å². The lowest BCUT2D eigenvalue weighted by molar-refractivity contribution is -0.416. The molecule has 0 aromatic carbocycles. The summed E-state index contributed by atoms with van der Waals surface area (Å²) < 4.78 is 42.2. The predicted molar refractivity (Wildman–Crippen MR) is 99.8 cm³/mol. The second-order valence-corrected chi connectivity index (χ2v) is 7.76. The van der Waals surface area contributed by atoms with Crippen LogP contribution >= 0.6 is 11.3 Å². The number of aryl methyl sites for hydroxylation is 1. The molecule has 152 valence electrons. The summed E-state index contributed by atoms with van der Waals surface area (Å²) in [5, 5.41) is 6.46. The number of nitrogens with zero attached hydrogens (tertiary/aromatic N) is 5. The van der Waals surface area contributed by atoms with Gasteiger partial charge in [0.25, 0.3) is 0 Å². The van der Waals surface area contributed by atoms with Crippen molar-refractivity contribution in [3.8, 4) is 11.4 Å². The van der Waals surface area contributed by atoms with Crippen LogP contribution in [0.4, 0.5) is 17.7 Å². The predicted octanol–water partition coefficient (Wildman–Crippen LogP) is 5.31. The Balaban J connectivity index is 0.000000302. The number of aromatic nitrogens is 5. The lowest BCUT2D eigenvalue weighted by Gasteiger charge is -2.23. The Morgan fingerprint density at radius 2 is 1.90 bits per heavy atom. The number of hydrogen-bond acceptors (Lipinski definition) is 6. The number of fused-ring (bicyclic) bond motifs is 2. The van der Waals surface area contributed by atoms with Crippen LogP contribution in [0.25, 0.3) is 32.6 Å². The Morgan fingerprint density at radius 3 is 2.55 bits per heavy atom. The molecular weight excluding hydrogens is 410 g/mol. The van der Waals surface area contributed by atoms with Gasteiger partial charge in [-0.25, -0.2) is 15.0 Å². The maximum atomic E-state index is 10.2. The second-order valence-electron chi connectivity index (χ2n) is 6.69. The molecule has 29 heavy (non-hydrogen) atoms. The Kier molecular flexibility index (Phi) is 5.17. The van der Waals surface area contributed by atoms with Crippen LogP contribution in [0.1, 0.15) is 30.1 Å². The molecule has 0 spiro atoms. The number of halogens is 4. The average Bonchev–Trinajstić information content (AvgIpc) is 3.20. The molecule has 0 radical (unpaired) electrons. The molecule has 4 heterocycles. The van der Waals surface area contributed by atoms with E-state index in [2.05, 4.69) is 27.2 Å². The van der Waals surface area contributed by atoms with Crippen LogP contribution in [-0.4, -0.2) is 31.1 Å². The van der Waals surface area contributed by atoms with Crippen LogP contribution in [0.5, 0.6) is 0 Å². The Morgan fingerprint density at radius 1 is 1.14 bits per heavy atom. The van der Waals surface area contributed by atoms with E-state index < -0.39 is 6.36 Å². The molecule has 0 bridgehead atoms. The van der Waals surface area contributed by atoms with E-state index in [1.165, 1.54) is 29.1 Å². The van der Waals surface area contributed by atoms with Gasteiger partial charge in [0, 0.05) is 46.9 Å². The first-order valence-corrected chi connectivity index (χ1v) is 9.57. The van der Waals surface area contributed by atoms with Gasteiger partial charge < -0.3 is 0 Å². The monoisotopic (exact) mass is 425 g/mol. The summed E-state index contributed by atoms with van der Waals surface area (Å²) in [6, 6.07) is 4.31. The fourth-order valence-corrected chi connectivity index (χ4v) is 4.21. The third-order valence-corrected chi connectivity index (χ3v) is 5.83. The summed E-state index contributed by atoms with van der Waals surface area (Å²) in [6.45, 7) is 0. The zero-order chi connectivity index (χ0) is 20.6. The van der Waals surface area contributed by atoms with Crippen molar-refractivity contribution in [2.75, 3.05) is 0 Å². The van der Waals surface area contributed by atoms with Crippen molar-refractivity contribution >= 4 is 32.6 Å². The molecule has 0 N–H and O–H groups in total. The number of rotatable bonds is 2. The van der Waals surface area contributed by atoms with Crippen molar-refractivity contribution in [1.82, 2.24) is 24.7 Å². The Bertz CT molecular complexity index is 1150. The summed E-state index contributed by atoms with van der Waals surface area (Å²) in [5.74, 6) is 1.48. The fraction of sp³-hybridized carbons (Fsp3) is 0.333. The SMILES string of the molecule is Cn1cc2cc(-c3ncc4cc(C5CCC5)sc4n3)cnc2n1.FOC(F)(F)F. The first-order chi connectivity index (χ1) is 13.8. The van der Waals surface area contributed by atoms with E-state index >= 15 is 0 Å². The highest BCUT2D eigenvalue weighted by atomic mass is 32.1. The zero-order valence-electron chi connectivity index (χ0n) is 15.1. The number of hydrogen-bond donors (Lipinski definition) is 0. The molecule has 4 aromatic rings. The topological polar surface area (TPSA) is 65.7 Å². The van der Waals surface area contributed by atoms with Gasteiger partial charge in [-0.3, -0.25) is 4.68 Å². The van der Waals surface area contributed by atoms with Crippen molar-refractivity contribution < 1.29 is 22.6 Å². The van der Waals surface area contributed by atoms with Gasteiger partial charge in [0.05, 0.1) is 0 Å². The van der Waals surface area contributed by atoms with E-state index in [1.807, 2.05) is 30.8 Å². The van der Waals surface area contributed by atoms with Gasteiger partial charge in [-0.2, -0.15) is 5.10 Å². The van der Waals surface area contributed by atoms with Crippen LogP contribution < -0.4 is 0 Å². The molecular formula is C18H15F4N5OS. The van der Waals surface area contributed by atoms with E-state index in [9.17, 15) is 17.7 Å². The van der Waals surface area contributed by atoms with Crippen LogP contribution in [0, 0.1) is 0 Å². The van der Waals surface area contributed by atoms with Gasteiger partial charge in [-0.05, 0) is 35.4 Å². The van der Waals surface area contributed by atoms with Gasteiger partial charge in [0.1, 0.15) is 4.83 Å². The lowest BCUT2D eigenvalue weighted by atomic mass is 9.84. The van der Waals surface area contributed by atoms with Gasteiger partial charge in [0.2, 0.25) is 0 Å². The zero-order valence-corrected chi connectivity index (χ0v) is 16.0. The second kappa shape index (κ2) is 7.64. The van der Waals surface area contributed by atoms with Crippen molar-refractivity contribution in [3.05, 3.63) is 35.6 Å². The highest BCUT2D eigenvalue weighted by Gasteiger charge is 2.30. The largest absolute Gasteiger partial charge is 0.553 e. The van der Waals surface area contributed by atoms with E-state index in [4.69, 9.17) is 4.98 Å². The van der Waals surface area contributed by atoms with Crippen LogP contribution in [0.2, 0.25) is 0 Å². The van der Waals surface area contributed by atoms with Gasteiger partial charge in [0.15, 0.2) is 11.5 Å². The Labute approximate surface area is 166 Å². The molecule has 6 nitrogen and oxygen atoms in total. The molecule has 11 heteroatoms. The molecule has 1 fully saturated rings. The van der Waals surface area contributed by atoms with Gasteiger partial charge in [-0.15, -0.1) is 24.5 Å². The molecule has 0 unspecified atom stereocenters. The van der Waals surface area contributed by atoms with E-state index in [0.717, 1.165) is 38.6 Å². The normalized spacial score (nSPS) is 14.7. The summed E-state index contributed by atoms with van der Waals surface area (Å²) in [4.78, 5) is 17.7. The molecule has 5 rings (SSSR count). The Hall–Kier alpha value is -2.66. The van der Waals surface area contributed by atoms with Crippen molar-refractivity contribution in [3.63, 3.8) is 0 Å². The van der Waals surface area contributed by atoms with Crippen molar-refractivity contribution in [1.29, 1.82) is 0 Å². The molecule has 1 aliphatic carbocycles. The molecule has 0 aliphatic heterocycles. The summed E-state index contributed by atoms with van der Waals surface area (Å²) >= 11 is 1.81. The minimum absolute atomic E-state index is 0.734. The maximum Gasteiger partial charge on any atom is 0.553 e. The summed E-state index contributed by atoms with van der Waals surface area (Å²) in [5.41, 5.74) is 1.69. The fourth-order valence-electron chi connectivity index (χ4n) is 3.04. The molecule has 4 aromatic heterocycles. The average molecular weight is 425 g/mol. The number of thiophene rings is 1. The minimum Gasteiger partial charge on any atom is -0.273 e. The van der Waals surface area contributed by atoms with Crippen molar-refractivity contribution in [2.24, 2.45) is 7.05 Å². The van der Waals surface area contributed by atoms with Gasteiger partial charge >= 0.3 is 6.36 Å². The first kappa shape index (κ1) is 19.6. The lowest BCUT2D eigenvalue weighted by Crippen LogP contribution is -2.06. The van der Waals surface area contributed by atoms with Crippen LogP contribution in [0.15, 0.2) is 30.7 Å².